The molecule has 0 aromatic heterocycles. The standard InChI is InChI=1S/CH2O3.Ca.2O.Ti.Zr/c2-1(3)4;;;;;/h(H2,2,3,4);;;;;/q;+2;2*-2;2*+4/p-2. The summed E-state index contributed by atoms with van der Waals surface area (Å²) in [7, 11) is 0. The minimum Gasteiger partial charge on any atom is -2.00 e. The van der Waals surface area contributed by atoms with Crippen molar-refractivity contribution < 1.29 is 73.9 Å². The molecule has 0 radical (unpaired) electrons. The molecule has 0 heterocycles. The van der Waals surface area contributed by atoms with Crippen LogP contribution in [-0.4, -0.2) is 43.9 Å². The Morgan fingerprint density at radius 3 is 1.11 bits per heavy atom. The molecule has 0 fully saturated rings. The summed E-state index contributed by atoms with van der Waals surface area (Å²) in [6.45, 7) is 0. The van der Waals surface area contributed by atoms with Gasteiger partial charge in [-0.05, 0) is 6.16 Å². The van der Waals surface area contributed by atoms with Gasteiger partial charge in [0, 0.05) is 0 Å². The smallest absolute Gasteiger partial charge is 2.00 e. The second kappa shape index (κ2) is 32.3. The van der Waals surface area contributed by atoms with Gasteiger partial charge in [0.15, 0.2) is 0 Å². The number of carboxylic acid groups (broad SMARTS) is 2. The van der Waals surface area contributed by atoms with Crippen molar-refractivity contribution in [2.24, 2.45) is 0 Å². The molecule has 0 N–H and O–H groups in total. The van der Waals surface area contributed by atoms with Crippen molar-refractivity contribution in [2.75, 3.05) is 0 Å². The molecule has 0 atom stereocenters. The summed E-state index contributed by atoms with van der Waals surface area (Å²) < 4.78 is 0. The quantitative estimate of drug-likeness (QED) is 0.434. The molecule has 0 saturated heterocycles. The van der Waals surface area contributed by atoms with Gasteiger partial charge in [0.1, 0.15) is 0 Å². The van der Waals surface area contributed by atoms with Crippen LogP contribution in [0, 0.1) is 0 Å². The third-order valence-corrected chi connectivity index (χ3v) is 0. The summed E-state index contributed by atoms with van der Waals surface area (Å²) in [6, 6.07) is 0. The second-order valence-electron chi connectivity index (χ2n) is 0.250. The van der Waals surface area contributed by atoms with E-state index in [1.807, 2.05) is 0 Å². The molecule has 0 bridgehead atoms. The predicted molar refractivity (Wildman–Crippen MR) is 12.5 cm³/mol. The first-order chi connectivity index (χ1) is 1.73. The monoisotopic (exact) mass is 270 g/mol. The fraction of sp³-hybridized carbons (Fsp3) is 0. The minimum absolute atomic E-state index is 0. The summed E-state index contributed by atoms with van der Waals surface area (Å²) in [5.41, 5.74) is 0. The fourth-order valence-electron chi connectivity index (χ4n) is 0. The third-order valence-electron chi connectivity index (χ3n) is 0. The van der Waals surface area contributed by atoms with Crippen LogP contribution in [-0.2, 0) is 58.9 Å². The molecule has 5 nitrogen and oxygen atoms in total. The van der Waals surface area contributed by atoms with Crippen LogP contribution < -0.4 is 10.2 Å². The maximum absolute atomic E-state index is 8.33. The van der Waals surface area contributed by atoms with E-state index in [2.05, 4.69) is 0 Å². The van der Waals surface area contributed by atoms with Crippen LogP contribution in [0.2, 0.25) is 0 Å². The Balaban J connectivity index is -0.00000000450. The number of carbonyl (C=O) groups is 1. The van der Waals surface area contributed by atoms with Crippen LogP contribution >= 0.6 is 0 Å². The van der Waals surface area contributed by atoms with Crippen LogP contribution in [0.3, 0.4) is 0 Å². The molecule has 0 amide bonds. The molecule has 0 aromatic rings. The van der Waals surface area contributed by atoms with Gasteiger partial charge in [-0.2, -0.15) is 0 Å². The molecule has 0 unspecified atom stereocenters. The van der Waals surface area contributed by atoms with E-state index in [9.17, 15) is 0 Å². The van der Waals surface area contributed by atoms with Crippen LogP contribution in [0.15, 0.2) is 0 Å². The summed E-state index contributed by atoms with van der Waals surface area (Å²) in [4.78, 5) is 8.33. The molecular formula is CCaO5TiZr+4. The Labute approximate surface area is 116 Å². The van der Waals surface area contributed by atoms with Crippen LogP contribution in [0.4, 0.5) is 4.79 Å². The molecule has 0 aliphatic heterocycles. The van der Waals surface area contributed by atoms with Gasteiger partial charge >= 0.3 is 85.7 Å². The summed E-state index contributed by atoms with van der Waals surface area (Å²) >= 11 is 0. The van der Waals surface area contributed by atoms with Gasteiger partial charge in [0.25, 0.3) is 0 Å². The van der Waals surface area contributed by atoms with E-state index >= 15 is 0 Å². The molecule has 0 aliphatic rings. The average molecular weight is 271 g/mol. The van der Waals surface area contributed by atoms with Gasteiger partial charge < -0.3 is 26.0 Å². The SMILES string of the molecule is O=C([O-])[O-].[Ca+2].[O-2].[O-2].[Ti+4].[Zr+4]. The van der Waals surface area contributed by atoms with Crippen molar-refractivity contribution in [1.29, 1.82) is 0 Å². The van der Waals surface area contributed by atoms with Crippen molar-refractivity contribution >= 4 is 43.9 Å². The Morgan fingerprint density at radius 1 is 1.11 bits per heavy atom. The molecule has 0 rings (SSSR count). The summed E-state index contributed by atoms with van der Waals surface area (Å²) in [6.07, 6.45) is -2.33. The molecule has 0 spiro atoms. The average Bonchev–Trinajstić information content (AvgIpc) is 0.811. The number of rotatable bonds is 0. The summed E-state index contributed by atoms with van der Waals surface area (Å²) in [5.74, 6) is 0. The molecular weight excluding hydrogens is 271 g/mol. The molecule has 8 heteroatoms. The van der Waals surface area contributed by atoms with Crippen LogP contribution in [0.5, 0.6) is 0 Å². The van der Waals surface area contributed by atoms with Gasteiger partial charge in [-0.25, -0.2) is 0 Å². The number of hydrogen-bond acceptors (Lipinski definition) is 3. The third kappa shape index (κ3) is 155. The Morgan fingerprint density at radius 2 is 1.11 bits per heavy atom. The summed E-state index contributed by atoms with van der Waals surface area (Å²) in [5, 5.41) is 16.7. The maximum atomic E-state index is 8.33. The fourth-order valence-corrected chi connectivity index (χ4v) is 0. The van der Waals surface area contributed by atoms with Crippen LogP contribution in [0.25, 0.3) is 0 Å². The number of hydrogen-bond donors (Lipinski definition) is 0. The minimum atomic E-state index is -2.33. The topological polar surface area (TPSA) is 120 Å². The predicted octanol–water partition coefficient (Wildman–Crippen LogP) is -3.07. The van der Waals surface area contributed by atoms with Crippen molar-refractivity contribution in [2.45, 2.75) is 0 Å². The maximum Gasteiger partial charge on any atom is 4.00 e. The Bertz CT molecular complexity index is 39.9. The zero-order valence-electron chi connectivity index (χ0n) is 4.25. The van der Waals surface area contributed by atoms with Gasteiger partial charge in [-0.1, -0.05) is 0 Å². The van der Waals surface area contributed by atoms with E-state index in [1.54, 1.807) is 0 Å². The van der Waals surface area contributed by atoms with E-state index in [0.29, 0.717) is 0 Å². The zero-order valence-corrected chi connectivity index (χ0v) is 10.5. The van der Waals surface area contributed by atoms with Crippen molar-refractivity contribution in [3.63, 3.8) is 0 Å². The van der Waals surface area contributed by atoms with E-state index in [0.717, 1.165) is 0 Å². The van der Waals surface area contributed by atoms with Gasteiger partial charge in [-0.15, -0.1) is 0 Å². The molecule has 0 aliphatic carbocycles. The first-order valence-electron chi connectivity index (χ1n) is 0.612. The van der Waals surface area contributed by atoms with E-state index in [4.69, 9.17) is 15.0 Å². The van der Waals surface area contributed by atoms with Crippen LogP contribution in [0.1, 0.15) is 0 Å². The zero-order chi connectivity index (χ0) is 3.58. The first kappa shape index (κ1) is 43.8. The Hall–Kier alpha value is 2.05. The number of carbonyl (C=O) groups excluding carboxylic acids is 1. The van der Waals surface area contributed by atoms with E-state index in [-0.39, 0.29) is 96.6 Å². The van der Waals surface area contributed by atoms with Gasteiger partial charge in [-0.3, -0.25) is 0 Å². The first-order valence-corrected chi connectivity index (χ1v) is 0.612. The van der Waals surface area contributed by atoms with Gasteiger partial charge in [0.05, 0.1) is 0 Å². The molecule has 0 saturated carbocycles. The molecule has 40 valence electrons. The van der Waals surface area contributed by atoms with Crippen molar-refractivity contribution in [3.05, 3.63) is 0 Å². The normalized spacial score (nSPS) is 2.67. The largest absolute Gasteiger partial charge is 4.00 e. The molecule has 0 aromatic carbocycles. The molecule has 9 heavy (non-hydrogen) atoms. The van der Waals surface area contributed by atoms with Gasteiger partial charge in [0.2, 0.25) is 0 Å². The second-order valence-corrected chi connectivity index (χ2v) is 0.250. The van der Waals surface area contributed by atoms with E-state index in [1.165, 1.54) is 0 Å². The Kier molecular flexibility index (Phi) is 157. The van der Waals surface area contributed by atoms with E-state index < -0.39 is 6.16 Å². The van der Waals surface area contributed by atoms with Crippen molar-refractivity contribution in [1.82, 2.24) is 0 Å². The van der Waals surface area contributed by atoms with Crippen molar-refractivity contribution in [3.8, 4) is 0 Å².